The van der Waals surface area contributed by atoms with Crippen LogP contribution in [0.1, 0.15) is 24.8 Å². The average Bonchev–Trinajstić information content (AvgIpc) is 2.74. The predicted octanol–water partition coefficient (Wildman–Crippen LogP) is 2.36. The Morgan fingerprint density at radius 1 is 1.05 bits per heavy atom. The molecule has 0 aliphatic carbocycles. The molecule has 1 fully saturated rings. The number of hydrogen-bond acceptors (Lipinski definition) is 4. The van der Waals surface area contributed by atoms with E-state index in [0.717, 1.165) is 63.4 Å². The Bertz CT molecular complexity index is 430. The normalized spacial score (nSPS) is 19.6. The van der Waals surface area contributed by atoms with Gasteiger partial charge in [0.05, 0.1) is 13.2 Å². The molecule has 4 heteroatoms. The minimum atomic E-state index is 0.739. The molecule has 0 saturated carbocycles. The molecule has 4 nitrogen and oxygen atoms in total. The molecule has 3 rings (SSSR count). The zero-order valence-electron chi connectivity index (χ0n) is 11.9. The smallest absolute Gasteiger partial charge is 0.165 e. The Morgan fingerprint density at radius 2 is 1.90 bits per heavy atom. The first-order valence-corrected chi connectivity index (χ1v) is 7.59. The minimum absolute atomic E-state index is 0.739. The van der Waals surface area contributed by atoms with Crippen molar-refractivity contribution in [2.75, 3.05) is 33.0 Å². The second-order valence-corrected chi connectivity index (χ2v) is 5.48. The summed E-state index contributed by atoms with van der Waals surface area (Å²) in [6.07, 6.45) is 3.28. The van der Waals surface area contributed by atoms with Crippen LogP contribution >= 0.6 is 0 Å². The summed E-state index contributed by atoms with van der Waals surface area (Å²) in [5, 5.41) is 3.55. The molecular weight excluding hydrogens is 254 g/mol. The van der Waals surface area contributed by atoms with E-state index in [0.29, 0.717) is 0 Å². The lowest BCUT2D eigenvalue weighted by atomic mass is 10.0. The van der Waals surface area contributed by atoms with Gasteiger partial charge in [0.15, 0.2) is 11.5 Å². The van der Waals surface area contributed by atoms with Gasteiger partial charge >= 0.3 is 0 Å². The molecule has 1 aromatic rings. The lowest BCUT2D eigenvalue weighted by molar-refractivity contribution is 0.0662. The van der Waals surface area contributed by atoms with Gasteiger partial charge in [-0.15, -0.1) is 0 Å². The molecule has 0 radical (unpaired) electrons. The fourth-order valence-corrected chi connectivity index (χ4v) is 2.75. The lowest BCUT2D eigenvalue weighted by Gasteiger charge is -2.22. The molecule has 2 aliphatic rings. The van der Waals surface area contributed by atoms with Gasteiger partial charge in [-0.05, 0) is 31.4 Å². The van der Waals surface area contributed by atoms with Crippen LogP contribution in [0.5, 0.6) is 11.5 Å². The zero-order chi connectivity index (χ0) is 13.6. The molecule has 0 unspecified atom stereocenters. The van der Waals surface area contributed by atoms with Gasteiger partial charge < -0.3 is 19.5 Å². The van der Waals surface area contributed by atoms with E-state index in [1.807, 2.05) is 12.1 Å². The first-order chi connectivity index (χ1) is 9.93. The lowest BCUT2D eigenvalue weighted by Crippen LogP contribution is -2.27. The first-order valence-electron chi connectivity index (χ1n) is 7.59. The minimum Gasteiger partial charge on any atom is -0.490 e. The van der Waals surface area contributed by atoms with Crippen molar-refractivity contribution in [1.82, 2.24) is 5.32 Å². The summed E-state index contributed by atoms with van der Waals surface area (Å²) in [5.74, 6) is 2.54. The van der Waals surface area contributed by atoms with Gasteiger partial charge in [-0.3, -0.25) is 0 Å². The van der Waals surface area contributed by atoms with Crippen LogP contribution in [-0.4, -0.2) is 33.0 Å². The third-order valence-electron chi connectivity index (χ3n) is 3.94. The first kappa shape index (κ1) is 13.7. The van der Waals surface area contributed by atoms with Crippen LogP contribution in [-0.2, 0) is 11.3 Å². The van der Waals surface area contributed by atoms with E-state index < -0.39 is 0 Å². The van der Waals surface area contributed by atoms with E-state index in [1.54, 1.807) is 0 Å². The third kappa shape index (κ3) is 3.44. The highest BCUT2D eigenvalue weighted by Gasteiger charge is 2.16. The van der Waals surface area contributed by atoms with Gasteiger partial charge in [0.1, 0.15) is 0 Å². The Kier molecular flexibility index (Phi) is 4.77. The van der Waals surface area contributed by atoms with Crippen molar-refractivity contribution in [2.24, 2.45) is 5.92 Å². The zero-order valence-corrected chi connectivity index (χ0v) is 11.9. The van der Waals surface area contributed by atoms with E-state index in [-0.39, 0.29) is 0 Å². The van der Waals surface area contributed by atoms with Crippen molar-refractivity contribution >= 4 is 0 Å². The molecule has 0 atom stereocenters. The Labute approximate surface area is 120 Å². The second kappa shape index (κ2) is 6.95. The molecular formula is C16H23NO3. The van der Waals surface area contributed by atoms with E-state index >= 15 is 0 Å². The Hall–Kier alpha value is -1.26. The summed E-state index contributed by atoms with van der Waals surface area (Å²) in [6, 6.07) is 6.14. The molecule has 0 aromatic heterocycles. The standard InChI is InChI=1S/C16H23NO3/c1-3-14(12-17-11-13-5-9-18-10-6-13)16-15(4-1)19-7-2-8-20-16/h1,3-4,13,17H,2,5-12H2. The number of nitrogens with one attached hydrogen (secondary N) is 1. The van der Waals surface area contributed by atoms with Gasteiger partial charge in [0.2, 0.25) is 0 Å². The number of rotatable bonds is 4. The van der Waals surface area contributed by atoms with Gasteiger partial charge in [-0.25, -0.2) is 0 Å². The second-order valence-electron chi connectivity index (χ2n) is 5.48. The highest BCUT2D eigenvalue weighted by atomic mass is 16.5. The molecule has 2 aliphatic heterocycles. The molecule has 0 bridgehead atoms. The van der Waals surface area contributed by atoms with Crippen molar-refractivity contribution in [3.63, 3.8) is 0 Å². The van der Waals surface area contributed by atoms with Crippen LogP contribution in [0.15, 0.2) is 18.2 Å². The van der Waals surface area contributed by atoms with E-state index in [9.17, 15) is 0 Å². The van der Waals surface area contributed by atoms with E-state index in [4.69, 9.17) is 14.2 Å². The summed E-state index contributed by atoms with van der Waals surface area (Å²) in [4.78, 5) is 0. The Morgan fingerprint density at radius 3 is 2.80 bits per heavy atom. The highest BCUT2D eigenvalue weighted by molar-refractivity contribution is 5.47. The number of para-hydroxylation sites is 1. The average molecular weight is 277 g/mol. The number of ether oxygens (including phenoxy) is 3. The van der Waals surface area contributed by atoms with Crippen molar-refractivity contribution in [3.8, 4) is 11.5 Å². The van der Waals surface area contributed by atoms with Crippen molar-refractivity contribution in [2.45, 2.75) is 25.8 Å². The molecule has 2 heterocycles. The largest absolute Gasteiger partial charge is 0.490 e. The van der Waals surface area contributed by atoms with Crippen LogP contribution in [0.4, 0.5) is 0 Å². The van der Waals surface area contributed by atoms with Gasteiger partial charge in [-0.1, -0.05) is 12.1 Å². The van der Waals surface area contributed by atoms with Crippen molar-refractivity contribution in [3.05, 3.63) is 23.8 Å². The summed E-state index contributed by atoms with van der Waals surface area (Å²) in [7, 11) is 0. The van der Waals surface area contributed by atoms with Gasteiger partial charge in [-0.2, -0.15) is 0 Å². The third-order valence-corrected chi connectivity index (χ3v) is 3.94. The Balaban J connectivity index is 1.57. The highest BCUT2D eigenvalue weighted by Crippen LogP contribution is 2.33. The molecule has 110 valence electrons. The maximum Gasteiger partial charge on any atom is 0.165 e. The molecule has 20 heavy (non-hydrogen) atoms. The van der Waals surface area contributed by atoms with Crippen LogP contribution < -0.4 is 14.8 Å². The van der Waals surface area contributed by atoms with E-state index in [2.05, 4.69) is 11.4 Å². The molecule has 0 amide bonds. The summed E-state index contributed by atoms with van der Waals surface area (Å²) in [6.45, 7) is 5.18. The van der Waals surface area contributed by atoms with Gasteiger partial charge in [0, 0.05) is 31.7 Å². The van der Waals surface area contributed by atoms with Crippen LogP contribution in [0.3, 0.4) is 0 Å². The number of fused-ring (bicyclic) bond motifs is 1. The maximum absolute atomic E-state index is 5.84. The summed E-state index contributed by atoms with van der Waals surface area (Å²) in [5.41, 5.74) is 1.19. The van der Waals surface area contributed by atoms with Crippen LogP contribution in [0.25, 0.3) is 0 Å². The number of hydrogen-bond donors (Lipinski definition) is 1. The topological polar surface area (TPSA) is 39.7 Å². The van der Waals surface area contributed by atoms with E-state index in [1.165, 1.54) is 18.4 Å². The summed E-state index contributed by atoms with van der Waals surface area (Å²) >= 11 is 0. The van der Waals surface area contributed by atoms with Crippen molar-refractivity contribution in [1.29, 1.82) is 0 Å². The fourth-order valence-electron chi connectivity index (χ4n) is 2.75. The summed E-state index contributed by atoms with van der Waals surface area (Å²) < 4.78 is 16.9. The predicted molar refractivity (Wildman–Crippen MR) is 77.3 cm³/mol. The molecule has 1 N–H and O–H groups in total. The monoisotopic (exact) mass is 277 g/mol. The van der Waals surface area contributed by atoms with Crippen molar-refractivity contribution < 1.29 is 14.2 Å². The van der Waals surface area contributed by atoms with Crippen LogP contribution in [0, 0.1) is 5.92 Å². The SMILES string of the molecule is c1cc(CNCC2CCOCC2)c2c(c1)OCCCO2. The van der Waals surface area contributed by atoms with Crippen LogP contribution in [0.2, 0.25) is 0 Å². The van der Waals surface area contributed by atoms with Gasteiger partial charge in [0.25, 0.3) is 0 Å². The molecule has 1 aromatic carbocycles. The molecule has 1 saturated heterocycles. The number of benzene rings is 1. The quantitative estimate of drug-likeness (QED) is 0.917. The fraction of sp³-hybridized carbons (Fsp3) is 0.625. The maximum atomic E-state index is 5.84. The molecule has 0 spiro atoms.